The van der Waals surface area contributed by atoms with Gasteiger partial charge >= 0.3 is 5.97 Å². The van der Waals surface area contributed by atoms with E-state index in [1.165, 1.54) is 18.2 Å². The third-order valence-corrected chi connectivity index (χ3v) is 9.47. The van der Waals surface area contributed by atoms with Gasteiger partial charge in [0.05, 0.1) is 24.6 Å². The third kappa shape index (κ3) is 4.87. The van der Waals surface area contributed by atoms with Crippen LogP contribution in [0.3, 0.4) is 0 Å². The summed E-state index contributed by atoms with van der Waals surface area (Å²) in [6, 6.07) is 24.2. The summed E-state index contributed by atoms with van der Waals surface area (Å²) in [4.78, 5) is 30.0. The van der Waals surface area contributed by atoms with Crippen LogP contribution >= 0.6 is 11.8 Å². The molecule has 1 atom stereocenters. The zero-order valence-corrected chi connectivity index (χ0v) is 22.9. The largest absolute Gasteiger partial charge is 0.489 e. The minimum atomic E-state index is -0.466. The zero-order valence-electron chi connectivity index (χ0n) is 22.1. The number of likely N-dealkylation sites (tertiary alicyclic amines) is 1. The number of fused-ring (bicyclic) bond motifs is 2. The summed E-state index contributed by atoms with van der Waals surface area (Å²) < 4.78 is 11.1. The summed E-state index contributed by atoms with van der Waals surface area (Å²) in [6.45, 7) is 3.76. The second-order valence-electron chi connectivity index (χ2n) is 10.3. The average molecular weight is 544 g/mol. The summed E-state index contributed by atoms with van der Waals surface area (Å²) in [7, 11) is 1.41. The Kier molecular flexibility index (Phi) is 7.23. The maximum Gasteiger partial charge on any atom is 0.337 e. The number of piperidine rings is 1. The first-order valence-corrected chi connectivity index (χ1v) is 14.5. The van der Waals surface area contributed by atoms with Gasteiger partial charge in [0.15, 0.2) is 0 Å². The number of benzene rings is 3. The van der Waals surface area contributed by atoms with Crippen LogP contribution in [0, 0.1) is 0 Å². The SMILES string of the molecule is COC(=O)c1ccc2c(c1)C(SCCN1CCC3(CC1)C(=O)NCN3c1ccccc1)c1ccccc1CO2. The first-order chi connectivity index (χ1) is 19.1. The molecule has 1 amide bonds. The number of thioether (sulfide) groups is 1. The maximum absolute atomic E-state index is 13.0. The molecule has 0 saturated carbocycles. The molecule has 3 aliphatic heterocycles. The number of methoxy groups -OCH3 is 1. The number of amides is 1. The van der Waals surface area contributed by atoms with E-state index in [0.29, 0.717) is 18.8 Å². The molecule has 1 N–H and O–H groups in total. The van der Waals surface area contributed by atoms with Crippen molar-refractivity contribution in [2.75, 3.05) is 44.1 Å². The summed E-state index contributed by atoms with van der Waals surface area (Å²) in [6.07, 6.45) is 1.62. The second kappa shape index (κ2) is 10.9. The van der Waals surface area contributed by atoms with E-state index < -0.39 is 5.54 Å². The van der Waals surface area contributed by atoms with Crippen LogP contribution in [0.1, 0.15) is 45.1 Å². The minimum Gasteiger partial charge on any atom is -0.489 e. The fraction of sp³-hybridized carbons (Fsp3) is 0.355. The van der Waals surface area contributed by atoms with E-state index in [4.69, 9.17) is 9.47 Å². The van der Waals surface area contributed by atoms with Gasteiger partial charge in [-0.15, -0.1) is 11.8 Å². The van der Waals surface area contributed by atoms with Crippen LogP contribution in [-0.2, 0) is 16.1 Å². The molecule has 3 aliphatic rings. The Morgan fingerprint density at radius 3 is 2.62 bits per heavy atom. The van der Waals surface area contributed by atoms with Crippen LogP contribution in [0.4, 0.5) is 5.69 Å². The molecule has 0 aliphatic carbocycles. The first kappa shape index (κ1) is 25.8. The quantitative estimate of drug-likeness (QED) is 0.455. The highest BCUT2D eigenvalue weighted by atomic mass is 32.2. The molecule has 0 bridgehead atoms. The van der Waals surface area contributed by atoms with Crippen LogP contribution in [0.25, 0.3) is 0 Å². The Hall–Kier alpha value is -3.49. The Morgan fingerprint density at radius 1 is 1.05 bits per heavy atom. The number of hydrogen-bond donors (Lipinski definition) is 1. The van der Waals surface area contributed by atoms with Crippen LogP contribution in [0.2, 0.25) is 0 Å². The van der Waals surface area contributed by atoms with Crippen molar-refractivity contribution in [1.29, 1.82) is 0 Å². The molecule has 3 aromatic rings. The smallest absolute Gasteiger partial charge is 0.337 e. The highest BCUT2D eigenvalue weighted by Crippen LogP contribution is 2.45. The number of para-hydroxylation sites is 1. The number of ether oxygens (including phenoxy) is 2. The summed E-state index contributed by atoms with van der Waals surface area (Å²) in [5.41, 5.74) is 4.56. The van der Waals surface area contributed by atoms with Crippen molar-refractivity contribution in [3.05, 3.63) is 95.1 Å². The molecular weight excluding hydrogens is 510 g/mol. The van der Waals surface area contributed by atoms with Crippen LogP contribution < -0.4 is 15.0 Å². The molecule has 1 spiro atoms. The van der Waals surface area contributed by atoms with Gasteiger partial charge in [-0.3, -0.25) is 4.79 Å². The van der Waals surface area contributed by atoms with E-state index >= 15 is 0 Å². The van der Waals surface area contributed by atoms with E-state index in [0.717, 1.165) is 55.2 Å². The van der Waals surface area contributed by atoms with Crippen molar-refractivity contribution in [1.82, 2.24) is 10.2 Å². The maximum atomic E-state index is 13.0. The van der Waals surface area contributed by atoms with Gasteiger partial charge in [-0.1, -0.05) is 42.5 Å². The molecule has 2 saturated heterocycles. The van der Waals surface area contributed by atoms with E-state index in [1.54, 1.807) is 6.07 Å². The number of hydrogen-bond acceptors (Lipinski definition) is 7. The van der Waals surface area contributed by atoms with Gasteiger partial charge in [0.1, 0.15) is 17.9 Å². The molecule has 202 valence electrons. The molecule has 3 aromatic carbocycles. The van der Waals surface area contributed by atoms with Crippen molar-refractivity contribution >= 4 is 29.3 Å². The molecule has 7 nitrogen and oxygen atoms in total. The van der Waals surface area contributed by atoms with Gasteiger partial charge in [0.25, 0.3) is 0 Å². The lowest BCUT2D eigenvalue weighted by molar-refractivity contribution is -0.125. The zero-order chi connectivity index (χ0) is 26.8. The molecule has 3 heterocycles. The number of nitrogens with one attached hydrogen (secondary N) is 1. The van der Waals surface area contributed by atoms with Gasteiger partial charge in [-0.05, 0) is 54.3 Å². The van der Waals surface area contributed by atoms with E-state index in [1.807, 2.05) is 48.2 Å². The fourth-order valence-electron chi connectivity index (χ4n) is 6.03. The van der Waals surface area contributed by atoms with Crippen LogP contribution in [-0.4, -0.2) is 61.5 Å². The Balaban J connectivity index is 1.15. The van der Waals surface area contributed by atoms with Crippen molar-refractivity contribution in [2.45, 2.75) is 30.2 Å². The third-order valence-electron chi connectivity index (χ3n) is 8.21. The van der Waals surface area contributed by atoms with Crippen molar-refractivity contribution in [3.63, 3.8) is 0 Å². The number of rotatable bonds is 6. The summed E-state index contributed by atoms with van der Waals surface area (Å²) in [5.74, 6) is 1.53. The Bertz CT molecular complexity index is 1360. The fourth-order valence-corrected chi connectivity index (χ4v) is 7.41. The molecule has 6 rings (SSSR count). The topological polar surface area (TPSA) is 71.1 Å². The lowest BCUT2D eigenvalue weighted by atomic mass is 9.85. The molecule has 0 radical (unpaired) electrons. The summed E-state index contributed by atoms with van der Waals surface area (Å²) in [5, 5.41) is 3.14. The second-order valence-corrected chi connectivity index (χ2v) is 11.5. The molecule has 39 heavy (non-hydrogen) atoms. The standard InChI is InChI=1S/C31H33N3O4S/c1-37-29(35)22-11-12-27-26(19-22)28(25-10-6-5-7-23(25)20-38-27)39-18-17-33-15-13-31(14-16-33)30(36)32-21-34(31)24-8-3-2-4-9-24/h2-12,19,28H,13-18,20-21H2,1H3,(H,32,36). The lowest BCUT2D eigenvalue weighted by Gasteiger charge is -2.43. The Morgan fingerprint density at radius 2 is 1.82 bits per heavy atom. The molecule has 2 fully saturated rings. The molecular formula is C31H33N3O4S. The average Bonchev–Trinajstić information content (AvgIpc) is 3.20. The predicted molar refractivity (Wildman–Crippen MR) is 153 cm³/mol. The monoisotopic (exact) mass is 543 g/mol. The number of carbonyl (C=O) groups is 2. The minimum absolute atomic E-state index is 0.0496. The highest BCUT2D eigenvalue weighted by molar-refractivity contribution is 7.99. The van der Waals surface area contributed by atoms with E-state index in [2.05, 4.69) is 45.4 Å². The molecule has 0 aromatic heterocycles. The highest BCUT2D eigenvalue weighted by Gasteiger charge is 2.50. The molecule has 1 unspecified atom stereocenters. The predicted octanol–water partition coefficient (Wildman–Crippen LogP) is 4.62. The Labute approximate surface area is 233 Å². The van der Waals surface area contributed by atoms with Gasteiger partial charge in [-0.25, -0.2) is 4.79 Å². The van der Waals surface area contributed by atoms with Gasteiger partial charge in [0, 0.05) is 36.6 Å². The van der Waals surface area contributed by atoms with Crippen molar-refractivity contribution in [3.8, 4) is 5.75 Å². The number of anilines is 1. The lowest BCUT2D eigenvalue weighted by Crippen LogP contribution is -2.56. The number of carbonyl (C=O) groups excluding carboxylic acids is 2. The summed E-state index contributed by atoms with van der Waals surface area (Å²) >= 11 is 1.88. The van der Waals surface area contributed by atoms with E-state index in [9.17, 15) is 9.59 Å². The van der Waals surface area contributed by atoms with Gasteiger partial charge in [-0.2, -0.15) is 0 Å². The normalized spacial score (nSPS) is 20.0. The number of nitrogens with zero attached hydrogens (tertiary/aromatic N) is 2. The van der Waals surface area contributed by atoms with Crippen LogP contribution in [0.15, 0.2) is 72.8 Å². The molecule has 8 heteroatoms. The van der Waals surface area contributed by atoms with Crippen molar-refractivity contribution in [2.24, 2.45) is 0 Å². The van der Waals surface area contributed by atoms with Gasteiger partial charge < -0.3 is 24.6 Å². The van der Waals surface area contributed by atoms with Crippen LogP contribution in [0.5, 0.6) is 5.75 Å². The van der Waals surface area contributed by atoms with Crippen molar-refractivity contribution < 1.29 is 19.1 Å². The van der Waals surface area contributed by atoms with E-state index in [-0.39, 0.29) is 17.1 Å². The van der Waals surface area contributed by atoms with Gasteiger partial charge in [0.2, 0.25) is 5.91 Å². The first-order valence-electron chi connectivity index (χ1n) is 13.5. The number of esters is 1.